The van der Waals surface area contributed by atoms with Gasteiger partial charge in [0.25, 0.3) is 0 Å². The molecule has 1 aliphatic carbocycles. The Morgan fingerprint density at radius 3 is 2.75 bits per heavy atom. The Labute approximate surface area is 147 Å². The molecule has 0 aromatic heterocycles. The van der Waals surface area contributed by atoms with Gasteiger partial charge in [0.15, 0.2) is 11.5 Å². The van der Waals surface area contributed by atoms with Gasteiger partial charge < -0.3 is 19.5 Å². The smallest absolute Gasteiger partial charge is 0.308 e. The van der Waals surface area contributed by atoms with Gasteiger partial charge in [0.1, 0.15) is 13.2 Å². The first kappa shape index (κ1) is 17.4. The fourth-order valence-electron chi connectivity index (χ4n) is 3.32. The molecule has 1 heterocycles. The standard InChI is InChI=1S/C18H24ClNO4/c1-2-22-18(21)13-3-5-14(6-4-13)20-11-12-9-15(19)17-16(10-12)23-7-8-24-17/h9-10,13-14,20H,2-8,11H2,1H3. The van der Waals surface area contributed by atoms with Gasteiger partial charge in [-0.05, 0) is 50.3 Å². The molecule has 1 aromatic carbocycles. The molecule has 0 saturated heterocycles. The fraction of sp³-hybridized carbons (Fsp3) is 0.611. The van der Waals surface area contributed by atoms with Gasteiger partial charge in [-0.1, -0.05) is 11.6 Å². The first-order valence-corrected chi connectivity index (χ1v) is 9.03. The van der Waals surface area contributed by atoms with E-state index >= 15 is 0 Å². The van der Waals surface area contributed by atoms with Gasteiger partial charge in [0, 0.05) is 12.6 Å². The highest BCUT2D eigenvalue weighted by molar-refractivity contribution is 6.32. The van der Waals surface area contributed by atoms with Crippen LogP contribution in [0.2, 0.25) is 5.02 Å². The van der Waals surface area contributed by atoms with E-state index in [-0.39, 0.29) is 11.9 Å². The second-order valence-corrected chi connectivity index (χ2v) is 6.69. The molecule has 0 unspecified atom stereocenters. The van der Waals surface area contributed by atoms with Crippen LogP contribution < -0.4 is 14.8 Å². The number of carbonyl (C=O) groups is 1. The summed E-state index contributed by atoms with van der Waals surface area (Å²) in [5.41, 5.74) is 1.08. The molecule has 2 aliphatic rings. The highest BCUT2D eigenvalue weighted by atomic mass is 35.5. The molecule has 1 saturated carbocycles. The molecule has 6 heteroatoms. The Morgan fingerprint density at radius 2 is 2.00 bits per heavy atom. The Kier molecular flexibility index (Phi) is 5.85. The van der Waals surface area contributed by atoms with Crippen molar-refractivity contribution in [1.29, 1.82) is 0 Å². The number of hydrogen-bond donors (Lipinski definition) is 1. The second-order valence-electron chi connectivity index (χ2n) is 6.28. The van der Waals surface area contributed by atoms with E-state index in [1.165, 1.54) is 0 Å². The van der Waals surface area contributed by atoms with Crippen molar-refractivity contribution >= 4 is 17.6 Å². The first-order valence-electron chi connectivity index (χ1n) is 8.65. The van der Waals surface area contributed by atoms with Crippen molar-refractivity contribution in [2.24, 2.45) is 5.92 Å². The molecule has 0 atom stereocenters. The number of fused-ring (bicyclic) bond motifs is 1. The first-order chi connectivity index (χ1) is 11.7. The predicted molar refractivity (Wildman–Crippen MR) is 91.7 cm³/mol. The number of esters is 1. The molecule has 3 rings (SSSR count). The molecular weight excluding hydrogens is 330 g/mol. The largest absolute Gasteiger partial charge is 0.486 e. The summed E-state index contributed by atoms with van der Waals surface area (Å²) in [4.78, 5) is 11.8. The van der Waals surface area contributed by atoms with Gasteiger partial charge in [0.05, 0.1) is 17.5 Å². The number of ether oxygens (including phenoxy) is 3. The van der Waals surface area contributed by atoms with Crippen molar-refractivity contribution in [2.45, 2.75) is 45.2 Å². The van der Waals surface area contributed by atoms with E-state index in [0.717, 1.165) is 43.5 Å². The van der Waals surface area contributed by atoms with Crippen LogP contribution in [0.1, 0.15) is 38.2 Å². The minimum atomic E-state index is -0.0467. The van der Waals surface area contributed by atoms with Crippen molar-refractivity contribution in [2.75, 3.05) is 19.8 Å². The van der Waals surface area contributed by atoms with E-state index in [1.54, 1.807) is 0 Å². The summed E-state index contributed by atoms with van der Waals surface area (Å²) < 4.78 is 16.3. The summed E-state index contributed by atoms with van der Waals surface area (Å²) in [6, 6.07) is 4.33. The topological polar surface area (TPSA) is 56.8 Å². The normalized spacial score (nSPS) is 22.9. The number of carbonyl (C=O) groups excluding carboxylic acids is 1. The predicted octanol–water partition coefficient (Wildman–Crippen LogP) is 3.32. The third kappa shape index (κ3) is 4.14. The van der Waals surface area contributed by atoms with Crippen molar-refractivity contribution in [3.8, 4) is 11.5 Å². The van der Waals surface area contributed by atoms with E-state index in [2.05, 4.69) is 5.32 Å². The number of nitrogens with one attached hydrogen (secondary N) is 1. The maximum atomic E-state index is 11.8. The molecule has 0 radical (unpaired) electrons. The van der Waals surface area contributed by atoms with Gasteiger partial charge in [-0.3, -0.25) is 4.79 Å². The lowest BCUT2D eigenvalue weighted by Crippen LogP contribution is -2.35. The van der Waals surface area contributed by atoms with Gasteiger partial charge in [-0.25, -0.2) is 0 Å². The third-order valence-electron chi connectivity index (χ3n) is 4.60. The van der Waals surface area contributed by atoms with Crippen molar-refractivity contribution < 1.29 is 19.0 Å². The molecule has 24 heavy (non-hydrogen) atoms. The Bertz CT molecular complexity index is 585. The average molecular weight is 354 g/mol. The summed E-state index contributed by atoms with van der Waals surface area (Å²) >= 11 is 6.27. The summed E-state index contributed by atoms with van der Waals surface area (Å²) in [7, 11) is 0. The molecule has 1 N–H and O–H groups in total. The molecule has 0 bridgehead atoms. The molecular formula is C18H24ClNO4. The van der Waals surface area contributed by atoms with Gasteiger partial charge in [0.2, 0.25) is 0 Å². The summed E-state index contributed by atoms with van der Waals surface area (Å²) in [5.74, 6) is 1.37. The zero-order valence-electron chi connectivity index (χ0n) is 14.0. The lowest BCUT2D eigenvalue weighted by molar-refractivity contribution is -0.149. The fourth-order valence-corrected chi connectivity index (χ4v) is 3.61. The lowest BCUT2D eigenvalue weighted by Gasteiger charge is -2.28. The number of benzene rings is 1. The zero-order chi connectivity index (χ0) is 16.9. The van der Waals surface area contributed by atoms with E-state index in [9.17, 15) is 4.79 Å². The van der Waals surface area contributed by atoms with Crippen LogP contribution in [0.5, 0.6) is 11.5 Å². The highest BCUT2D eigenvalue weighted by Crippen LogP contribution is 2.38. The van der Waals surface area contributed by atoms with Crippen LogP contribution in [0.15, 0.2) is 12.1 Å². The van der Waals surface area contributed by atoms with E-state index < -0.39 is 0 Å². The lowest BCUT2D eigenvalue weighted by atomic mass is 9.86. The number of halogens is 1. The molecule has 1 aliphatic heterocycles. The Balaban J connectivity index is 1.50. The number of hydrogen-bond acceptors (Lipinski definition) is 5. The Morgan fingerprint density at radius 1 is 1.25 bits per heavy atom. The van der Waals surface area contributed by atoms with Crippen LogP contribution in [-0.4, -0.2) is 31.8 Å². The van der Waals surface area contributed by atoms with Crippen LogP contribution >= 0.6 is 11.6 Å². The zero-order valence-corrected chi connectivity index (χ0v) is 14.7. The highest BCUT2D eigenvalue weighted by Gasteiger charge is 2.27. The minimum Gasteiger partial charge on any atom is -0.486 e. The molecule has 5 nitrogen and oxygen atoms in total. The van der Waals surface area contributed by atoms with Gasteiger partial charge in [-0.15, -0.1) is 0 Å². The minimum absolute atomic E-state index is 0.0467. The summed E-state index contributed by atoms with van der Waals surface area (Å²) in [6.07, 6.45) is 3.75. The van der Waals surface area contributed by atoms with E-state index in [4.69, 9.17) is 25.8 Å². The average Bonchev–Trinajstić information content (AvgIpc) is 2.61. The Hall–Kier alpha value is -1.46. The SMILES string of the molecule is CCOC(=O)C1CCC(NCc2cc(Cl)c3c(c2)OCCO3)CC1. The molecule has 1 aromatic rings. The van der Waals surface area contributed by atoms with Crippen LogP contribution in [0.25, 0.3) is 0 Å². The summed E-state index contributed by atoms with van der Waals surface area (Å²) in [5, 5.41) is 4.15. The maximum Gasteiger partial charge on any atom is 0.308 e. The van der Waals surface area contributed by atoms with Crippen molar-refractivity contribution in [1.82, 2.24) is 5.32 Å². The van der Waals surface area contributed by atoms with E-state index in [1.807, 2.05) is 19.1 Å². The van der Waals surface area contributed by atoms with Crippen LogP contribution in [0, 0.1) is 5.92 Å². The van der Waals surface area contributed by atoms with E-state index in [0.29, 0.717) is 36.6 Å². The number of rotatable bonds is 5. The van der Waals surface area contributed by atoms with Gasteiger partial charge >= 0.3 is 5.97 Å². The van der Waals surface area contributed by atoms with Crippen LogP contribution in [-0.2, 0) is 16.1 Å². The molecule has 1 fully saturated rings. The quantitative estimate of drug-likeness (QED) is 0.823. The van der Waals surface area contributed by atoms with Gasteiger partial charge in [-0.2, -0.15) is 0 Å². The monoisotopic (exact) mass is 353 g/mol. The maximum absolute atomic E-state index is 11.8. The van der Waals surface area contributed by atoms with Crippen molar-refractivity contribution in [3.05, 3.63) is 22.7 Å². The third-order valence-corrected chi connectivity index (χ3v) is 4.88. The molecule has 0 spiro atoms. The van der Waals surface area contributed by atoms with Crippen LogP contribution in [0.4, 0.5) is 0 Å². The van der Waals surface area contributed by atoms with Crippen molar-refractivity contribution in [3.63, 3.8) is 0 Å². The summed E-state index contributed by atoms with van der Waals surface area (Å²) in [6.45, 7) is 4.13. The van der Waals surface area contributed by atoms with Crippen LogP contribution in [0.3, 0.4) is 0 Å². The molecule has 132 valence electrons. The molecule has 0 amide bonds. The second kappa shape index (κ2) is 8.08.